The molecule has 0 aliphatic heterocycles. The fourth-order valence-corrected chi connectivity index (χ4v) is 1.54. The first-order valence-electron chi connectivity index (χ1n) is 3.49. The second-order valence-corrected chi connectivity index (χ2v) is 3.15. The predicted molar refractivity (Wildman–Crippen MR) is 49.8 cm³/mol. The Morgan fingerprint density at radius 1 is 1.15 bits per heavy atom. The average molecular weight is 215 g/mol. The molecule has 13 heavy (non-hydrogen) atoms. The van der Waals surface area contributed by atoms with E-state index in [1.54, 1.807) is 18.2 Å². The average Bonchev–Trinajstić information content (AvgIpc) is 2.57. The highest BCUT2D eigenvalue weighted by Gasteiger charge is 2.12. The Balaban J connectivity index is 2.64. The fraction of sp³-hybridized carbons (Fsp3) is 0. The van der Waals surface area contributed by atoms with Gasteiger partial charge in [-0.25, -0.2) is 0 Å². The van der Waals surface area contributed by atoms with Gasteiger partial charge in [0.25, 0.3) is 0 Å². The van der Waals surface area contributed by atoms with Crippen molar-refractivity contribution in [3.63, 3.8) is 0 Å². The molecular formula is C8H4Cl2N2O. The van der Waals surface area contributed by atoms with Crippen LogP contribution in [-0.2, 0) is 0 Å². The van der Waals surface area contributed by atoms with Gasteiger partial charge in [0.1, 0.15) is 0 Å². The first kappa shape index (κ1) is 8.53. The van der Waals surface area contributed by atoms with E-state index in [0.717, 1.165) is 0 Å². The van der Waals surface area contributed by atoms with E-state index < -0.39 is 0 Å². The summed E-state index contributed by atoms with van der Waals surface area (Å²) in [4.78, 5) is 0. The van der Waals surface area contributed by atoms with E-state index in [2.05, 4.69) is 10.2 Å². The number of nitrogens with zero attached hydrogens (tertiary/aromatic N) is 2. The number of rotatable bonds is 1. The van der Waals surface area contributed by atoms with Gasteiger partial charge >= 0.3 is 0 Å². The summed E-state index contributed by atoms with van der Waals surface area (Å²) in [5, 5.41) is 8.26. The Bertz CT molecular complexity index is 394. The molecule has 1 aromatic carbocycles. The molecule has 0 radical (unpaired) electrons. The van der Waals surface area contributed by atoms with Crippen molar-refractivity contribution in [2.24, 2.45) is 0 Å². The summed E-state index contributed by atoms with van der Waals surface area (Å²) in [6, 6.07) is 5.18. The van der Waals surface area contributed by atoms with Gasteiger partial charge in [-0.2, -0.15) is 0 Å². The van der Waals surface area contributed by atoms with Gasteiger partial charge in [-0.3, -0.25) is 0 Å². The molecule has 66 valence electrons. The second kappa shape index (κ2) is 3.36. The van der Waals surface area contributed by atoms with Crippen LogP contribution in [0.15, 0.2) is 29.0 Å². The highest BCUT2D eigenvalue weighted by molar-refractivity contribution is 6.38. The van der Waals surface area contributed by atoms with Gasteiger partial charge in [0.2, 0.25) is 12.3 Å². The summed E-state index contributed by atoms with van der Waals surface area (Å²) in [5.41, 5.74) is 0.573. The summed E-state index contributed by atoms with van der Waals surface area (Å²) >= 11 is 11.8. The lowest BCUT2D eigenvalue weighted by molar-refractivity contribution is 0.568. The van der Waals surface area contributed by atoms with Gasteiger partial charge < -0.3 is 4.42 Å². The van der Waals surface area contributed by atoms with Crippen LogP contribution in [0.2, 0.25) is 10.0 Å². The third kappa shape index (κ3) is 1.53. The standard InChI is InChI=1S/C8H4Cl2N2O/c9-5-2-1-3-6(10)7(5)8-12-11-4-13-8/h1-4H. The molecule has 0 unspecified atom stereocenters. The molecule has 2 rings (SSSR count). The molecule has 0 saturated heterocycles. The summed E-state index contributed by atoms with van der Waals surface area (Å²) in [5.74, 6) is 0.329. The molecule has 0 aliphatic rings. The molecule has 0 bridgehead atoms. The van der Waals surface area contributed by atoms with Crippen molar-refractivity contribution in [1.29, 1.82) is 0 Å². The summed E-state index contributed by atoms with van der Waals surface area (Å²) < 4.78 is 4.99. The Morgan fingerprint density at radius 3 is 2.38 bits per heavy atom. The Morgan fingerprint density at radius 2 is 1.85 bits per heavy atom. The van der Waals surface area contributed by atoms with Crippen LogP contribution in [0.4, 0.5) is 0 Å². The molecule has 0 atom stereocenters. The zero-order valence-electron chi connectivity index (χ0n) is 6.37. The van der Waals surface area contributed by atoms with Crippen LogP contribution in [0.25, 0.3) is 11.5 Å². The molecule has 1 heterocycles. The van der Waals surface area contributed by atoms with E-state index in [4.69, 9.17) is 27.6 Å². The molecule has 0 aliphatic carbocycles. The number of hydrogen-bond acceptors (Lipinski definition) is 3. The Hall–Kier alpha value is -1.06. The lowest BCUT2D eigenvalue weighted by atomic mass is 10.2. The Labute approximate surface area is 84.3 Å². The SMILES string of the molecule is Clc1cccc(Cl)c1-c1nnco1. The van der Waals surface area contributed by atoms with Gasteiger partial charge in [0.15, 0.2) is 0 Å². The zero-order chi connectivity index (χ0) is 9.26. The first-order valence-corrected chi connectivity index (χ1v) is 4.25. The number of hydrogen-bond donors (Lipinski definition) is 0. The maximum absolute atomic E-state index is 5.91. The van der Waals surface area contributed by atoms with E-state index in [1.807, 2.05) is 0 Å². The molecule has 0 N–H and O–H groups in total. The largest absolute Gasteiger partial charge is 0.423 e. The van der Waals surface area contributed by atoms with E-state index in [0.29, 0.717) is 21.5 Å². The molecular weight excluding hydrogens is 211 g/mol. The first-order chi connectivity index (χ1) is 6.29. The van der Waals surface area contributed by atoms with Crippen LogP contribution in [-0.4, -0.2) is 10.2 Å². The molecule has 1 aromatic heterocycles. The molecule has 0 amide bonds. The van der Waals surface area contributed by atoms with Gasteiger partial charge in [-0.05, 0) is 12.1 Å². The number of aromatic nitrogens is 2. The number of halogens is 2. The quantitative estimate of drug-likeness (QED) is 0.733. The van der Waals surface area contributed by atoms with Crippen molar-refractivity contribution >= 4 is 23.2 Å². The summed E-state index contributed by atoms with van der Waals surface area (Å²) in [6.45, 7) is 0. The van der Waals surface area contributed by atoms with E-state index >= 15 is 0 Å². The maximum atomic E-state index is 5.91. The highest BCUT2D eigenvalue weighted by atomic mass is 35.5. The predicted octanol–water partition coefficient (Wildman–Crippen LogP) is 3.04. The topological polar surface area (TPSA) is 38.9 Å². The zero-order valence-corrected chi connectivity index (χ0v) is 7.88. The van der Waals surface area contributed by atoms with Crippen LogP contribution in [0, 0.1) is 0 Å². The lowest BCUT2D eigenvalue weighted by Gasteiger charge is -2.00. The molecule has 0 fully saturated rings. The molecule has 0 spiro atoms. The van der Waals surface area contributed by atoms with Crippen LogP contribution < -0.4 is 0 Å². The van der Waals surface area contributed by atoms with Crippen molar-refractivity contribution in [2.75, 3.05) is 0 Å². The Kier molecular flexibility index (Phi) is 2.20. The minimum atomic E-state index is 0.329. The molecule has 5 heteroatoms. The van der Waals surface area contributed by atoms with Crippen LogP contribution >= 0.6 is 23.2 Å². The van der Waals surface area contributed by atoms with Gasteiger partial charge in [0.05, 0.1) is 15.6 Å². The minimum Gasteiger partial charge on any atom is -0.423 e. The molecule has 3 nitrogen and oxygen atoms in total. The smallest absolute Gasteiger partial charge is 0.250 e. The van der Waals surface area contributed by atoms with Crippen molar-refractivity contribution in [2.45, 2.75) is 0 Å². The molecule has 2 aromatic rings. The lowest BCUT2D eigenvalue weighted by Crippen LogP contribution is -1.81. The summed E-state index contributed by atoms with van der Waals surface area (Å²) in [7, 11) is 0. The van der Waals surface area contributed by atoms with Gasteiger partial charge in [0, 0.05) is 0 Å². The van der Waals surface area contributed by atoms with Crippen LogP contribution in [0.1, 0.15) is 0 Å². The minimum absolute atomic E-state index is 0.329. The fourth-order valence-electron chi connectivity index (χ4n) is 0.984. The van der Waals surface area contributed by atoms with Crippen LogP contribution in [0.3, 0.4) is 0 Å². The van der Waals surface area contributed by atoms with E-state index in [9.17, 15) is 0 Å². The monoisotopic (exact) mass is 214 g/mol. The van der Waals surface area contributed by atoms with E-state index in [-0.39, 0.29) is 0 Å². The van der Waals surface area contributed by atoms with Crippen molar-refractivity contribution < 1.29 is 4.42 Å². The highest BCUT2D eigenvalue weighted by Crippen LogP contribution is 2.32. The summed E-state index contributed by atoms with van der Waals surface area (Å²) in [6.07, 6.45) is 1.23. The molecule has 0 saturated carbocycles. The van der Waals surface area contributed by atoms with Crippen molar-refractivity contribution in [3.8, 4) is 11.5 Å². The van der Waals surface area contributed by atoms with Gasteiger partial charge in [-0.1, -0.05) is 29.3 Å². The van der Waals surface area contributed by atoms with Crippen molar-refractivity contribution in [1.82, 2.24) is 10.2 Å². The second-order valence-electron chi connectivity index (χ2n) is 2.34. The third-order valence-corrected chi connectivity index (χ3v) is 2.17. The van der Waals surface area contributed by atoms with E-state index in [1.165, 1.54) is 6.39 Å². The number of benzene rings is 1. The third-order valence-electron chi connectivity index (χ3n) is 1.54. The normalized spacial score (nSPS) is 10.3. The van der Waals surface area contributed by atoms with Gasteiger partial charge in [-0.15, -0.1) is 10.2 Å². The van der Waals surface area contributed by atoms with Crippen molar-refractivity contribution in [3.05, 3.63) is 34.6 Å². The van der Waals surface area contributed by atoms with Crippen LogP contribution in [0.5, 0.6) is 0 Å². The maximum Gasteiger partial charge on any atom is 0.250 e.